The minimum Gasteiger partial charge on any atom is -0.370 e. The van der Waals surface area contributed by atoms with Crippen LogP contribution in [0.1, 0.15) is 29.7 Å². The van der Waals surface area contributed by atoms with Gasteiger partial charge in [0.15, 0.2) is 0 Å². The maximum Gasteiger partial charge on any atom is 0.124 e. The molecule has 0 saturated carbocycles. The molecule has 5 heteroatoms. The third-order valence-electron chi connectivity index (χ3n) is 5.26. The average Bonchev–Trinajstić information content (AvgIpc) is 3.23. The maximum atomic E-state index is 4.55. The van der Waals surface area contributed by atoms with Gasteiger partial charge in [0.05, 0.1) is 5.69 Å². The number of rotatable bonds is 6. The summed E-state index contributed by atoms with van der Waals surface area (Å²) in [5, 5.41) is 11.7. The number of hydrogen-bond donors (Lipinski definition) is 2. The van der Waals surface area contributed by atoms with E-state index in [1.807, 2.05) is 0 Å². The number of likely N-dealkylation sites (tertiary alicyclic amines) is 1. The highest BCUT2D eigenvalue weighted by Gasteiger charge is 2.18. The van der Waals surface area contributed by atoms with Crippen molar-refractivity contribution >= 4 is 5.82 Å². The molecule has 1 fully saturated rings. The Morgan fingerprint density at radius 2 is 2.04 bits per heavy atom. The van der Waals surface area contributed by atoms with E-state index >= 15 is 0 Å². The lowest BCUT2D eigenvalue weighted by Gasteiger charge is -2.25. The van der Waals surface area contributed by atoms with Crippen molar-refractivity contribution in [2.45, 2.75) is 39.4 Å². The summed E-state index contributed by atoms with van der Waals surface area (Å²) in [5.41, 5.74) is 3.92. The van der Waals surface area contributed by atoms with Crippen molar-refractivity contribution < 1.29 is 0 Å². The van der Waals surface area contributed by atoms with Crippen LogP contribution in [0.5, 0.6) is 0 Å². The summed E-state index contributed by atoms with van der Waals surface area (Å²) in [7, 11) is 0. The number of aromatic nitrogens is 2. The van der Waals surface area contributed by atoms with Gasteiger partial charge in [0.25, 0.3) is 0 Å². The smallest absolute Gasteiger partial charge is 0.124 e. The molecule has 1 saturated heterocycles. The fourth-order valence-corrected chi connectivity index (χ4v) is 3.98. The first-order chi connectivity index (χ1) is 12.3. The molecule has 4 rings (SSSR count). The number of hydrogen-bond acceptors (Lipinski definition) is 4. The quantitative estimate of drug-likeness (QED) is 0.849. The van der Waals surface area contributed by atoms with E-state index in [0.29, 0.717) is 5.92 Å². The first kappa shape index (κ1) is 16.6. The second-order valence-corrected chi connectivity index (χ2v) is 7.53. The van der Waals surface area contributed by atoms with Crippen LogP contribution in [0.25, 0.3) is 0 Å². The molecule has 1 aromatic heterocycles. The summed E-state index contributed by atoms with van der Waals surface area (Å²) in [6.07, 6.45) is 2.71. The van der Waals surface area contributed by atoms with Crippen LogP contribution in [0.2, 0.25) is 0 Å². The Balaban J connectivity index is 1.26. The Hall–Kier alpha value is -1.85. The van der Waals surface area contributed by atoms with Gasteiger partial charge >= 0.3 is 0 Å². The van der Waals surface area contributed by atoms with Crippen LogP contribution in [0, 0.1) is 12.8 Å². The van der Waals surface area contributed by atoms with Crippen LogP contribution in [0.4, 0.5) is 5.82 Å². The molecule has 0 aliphatic carbocycles. The molecule has 0 unspecified atom stereocenters. The standard InChI is InChI=1S/C20H29N5/c1-16-9-20-22-13-19(15-25(20)23-16)12-21-11-17-5-4-6-18(10-17)14-24-7-2-3-8-24/h4-6,9-10,19,21-22H,2-3,7-8,11-15H2,1H3/t19-/m0/s1. The summed E-state index contributed by atoms with van der Waals surface area (Å²) in [6.45, 7) is 9.64. The molecule has 1 aromatic carbocycles. The number of aryl methyl sites for hydroxylation is 1. The molecule has 134 valence electrons. The normalized spacial score (nSPS) is 20.4. The van der Waals surface area contributed by atoms with Crippen molar-refractivity contribution in [3.63, 3.8) is 0 Å². The largest absolute Gasteiger partial charge is 0.370 e. The molecule has 0 amide bonds. The number of nitrogens with zero attached hydrogens (tertiary/aromatic N) is 3. The Labute approximate surface area is 150 Å². The molecule has 2 aliphatic rings. The molecule has 2 aliphatic heterocycles. The van der Waals surface area contributed by atoms with Crippen LogP contribution in [0.3, 0.4) is 0 Å². The summed E-state index contributed by atoms with van der Waals surface area (Å²) in [4.78, 5) is 2.56. The summed E-state index contributed by atoms with van der Waals surface area (Å²) in [5.74, 6) is 1.74. The van der Waals surface area contributed by atoms with E-state index in [4.69, 9.17) is 0 Å². The van der Waals surface area contributed by atoms with Crippen LogP contribution in [-0.4, -0.2) is 40.9 Å². The third-order valence-corrected chi connectivity index (χ3v) is 5.26. The molecule has 2 N–H and O–H groups in total. The molecule has 2 aromatic rings. The maximum absolute atomic E-state index is 4.55. The molecule has 0 bridgehead atoms. The third kappa shape index (κ3) is 4.22. The van der Waals surface area contributed by atoms with E-state index in [1.54, 1.807) is 0 Å². The highest BCUT2D eigenvalue weighted by atomic mass is 15.3. The predicted molar refractivity (Wildman–Crippen MR) is 102 cm³/mol. The summed E-state index contributed by atoms with van der Waals surface area (Å²) < 4.78 is 2.10. The second kappa shape index (κ2) is 7.58. The van der Waals surface area contributed by atoms with Gasteiger partial charge < -0.3 is 10.6 Å². The summed E-state index contributed by atoms with van der Waals surface area (Å²) in [6, 6.07) is 11.2. The second-order valence-electron chi connectivity index (χ2n) is 7.53. The average molecular weight is 339 g/mol. The van der Waals surface area contributed by atoms with Gasteiger partial charge in [0.1, 0.15) is 5.82 Å². The zero-order valence-corrected chi connectivity index (χ0v) is 15.2. The highest BCUT2D eigenvalue weighted by Crippen LogP contribution is 2.18. The number of anilines is 1. The molecule has 25 heavy (non-hydrogen) atoms. The SMILES string of the molecule is Cc1cc2n(n1)C[C@@H](CNCc1cccc(CN3CCCC3)c1)CN2. The number of benzene rings is 1. The number of fused-ring (bicyclic) bond motifs is 1. The molecular weight excluding hydrogens is 310 g/mol. The molecule has 3 heterocycles. The van der Waals surface area contributed by atoms with Gasteiger partial charge in [-0.05, 0) is 44.0 Å². The monoisotopic (exact) mass is 339 g/mol. The van der Waals surface area contributed by atoms with E-state index in [2.05, 4.69) is 62.6 Å². The van der Waals surface area contributed by atoms with Crippen LogP contribution >= 0.6 is 0 Å². The van der Waals surface area contributed by atoms with E-state index in [-0.39, 0.29) is 0 Å². The molecule has 5 nitrogen and oxygen atoms in total. The van der Waals surface area contributed by atoms with Crippen LogP contribution in [-0.2, 0) is 19.6 Å². The lowest BCUT2D eigenvalue weighted by molar-refractivity contribution is 0.331. The van der Waals surface area contributed by atoms with E-state index in [0.717, 1.165) is 44.2 Å². The van der Waals surface area contributed by atoms with Gasteiger partial charge in [0.2, 0.25) is 0 Å². The van der Waals surface area contributed by atoms with Crippen molar-refractivity contribution in [1.82, 2.24) is 20.0 Å². The van der Waals surface area contributed by atoms with Gasteiger partial charge in [-0.15, -0.1) is 0 Å². The first-order valence-corrected chi connectivity index (χ1v) is 9.55. The van der Waals surface area contributed by atoms with Crippen molar-refractivity contribution in [2.24, 2.45) is 5.92 Å². The number of nitrogens with one attached hydrogen (secondary N) is 2. The minimum absolute atomic E-state index is 0.583. The van der Waals surface area contributed by atoms with Crippen molar-refractivity contribution in [1.29, 1.82) is 0 Å². The zero-order valence-electron chi connectivity index (χ0n) is 15.2. The highest BCUT2D eigenvalue weighted by molar-refractivity contribution is 5.38. The van der Waals surface area contributed by atoms with Crippen molar-refractivity contribution in [3.05, 3.63) is 47.2 Å². The van der Waals surface area contributed by atoms with Crippen molar-refractivity contribution in [3.8, 4) is 0 Å². The molecule has 0 spiro atoms. The van der Waals surface area contributed by atoms with E-state index < -0.39 is 0 Å². The Kier molecular flexibility index (Phi) is 5.04. The lowest BCUT2D eigenvalue weighted by atomic mass is 10.1. The van der Waals surface area contributed by atoms with Gasteiger partial charge in [0, 0.05) is 44.7 Å². The topological polar surface area (TPSA) is 45.1 Å². The molecular formula is C20H29N5. The lowest BCUT2D eigenvalue weighted by Crippen LogP contribution is -2.35. The Bertz CT molecular complexity index is 702. The van der Waals surface area contributed by atoms with E-state index in [1.165, 1.54) is 37.1 Å². The van der Waals surface area contributed by atoms with Crippen LogP contribution in [0.15, 0.2) is 30.3 Å². The molecule has 1 atom stereocenters. The first-order valence-electron chi connectivity index (χ1n) is 9.55. The van der Waals surface area contributed by atoms with Crippen molar-refractivity contribution in [2.75, 3.05) is 31.5 Å². The van der Waals surface area contributed by atoms with Gasteiger partial charge in [-0.1, -0.05) is 24.3 Å². The zero-order chi connectivity index (χ0) is 17.1. The molecule has 0 radical (unpaired) electrons. The van der Waals surface area contributed by atoms with Gasteiger partial charge in [-0.3, -0.25) is 4.90 Å². The Morgan fingerprint density at radius 1 is 1.20 bits per heavy atom. The predicted octanol–water partition coefficient (Wildman–Crippen LogP) is 2.62. The fraction of sp³-hybridized carbons (Fsp3) is 0.550. The summed E-state index contributed by atoms with van der Waals surface area (Å²) >= 11 is 0. The Morgan fingerprint density at radius 3 is 2.92 bits per heavy atom. The van der Waals surface area contributed by atoms with Crippen LogP contribution < -0.4 is 10.6 Å². The van der Waals surface area contributed by atoms with Gasteiger partial charge in [-0.25, -0.2) is 4.68 Å². The van der Waals surface area contributed by atoms with E-state index in [9.17, 15) is 0 Å². The van der Waals surface area contributed by atoms with Gasteiger partial charge in [-0.2, -0.15) is 5.10 Å². The minimum atomic E-state index is 0.583. The fourth-order valence-electron chi connectivity index (χ4n) is 3.98.